The predicted molar refractivity (Wildman–Crippen MR) is 83.6 cm³/mol. The van der Waals surface area contributed by atoms with Crippen molar-refractivity contribution in [1.82, 2.24) is 15.1 Å². The fourth-order valence-corrected chi connectivity index (χ4v) is 2.83. The molecule has 0 radical (unpaired) electrons. The summed E-state index contributed by atoms with van der Waals surface area (Å²) in [5, 5.41) is 3.93. The molecule has 126 valence electrons. The van der Waals surface area contributed by atoms with Crippen molar-refractivity contribution >= 4 is 11.6 Å². The highest BCUT2D eigenvalue weighted by Gasteiger charge is 2.35. The van der Waals surface area contributed by atoms with Gasteiger partial charge >= 0.3 is 0 Å². The molecule has 8 heteroatoms. The monoisotopic (exact) mass is 342 g/mol. The smallest absolute Gasteiger partial charge is 0.258 e. The minimum Gasteiger partial charge on any atom is -0.334 e. The van der Waals surface area contributed by atoms with Crippen LogP contribution in [-0.4, -0.2) is 27.6 Å². The summed E-state index contributed by atoms with van der Waals surface area (Å²) < 4.78 is 32.2. The van der Waals surface area contributed by atoms with Crippen LogP contribution in [0.3, 0.4) is 0 Å². The molecule has 4 rings (SSSR count). The van der Waals surface area contributed by atoms with E-state index in [9.17, 15) is 13.6 Å². The maximum Gasteiger partial charge on any atom is 0.258 e. The molecule has 3 aromatic rings. The maximum absolute atomic E-state index is 13.9. The number of hydrogen-bond acceptors (Lipinski definition) is 5. The predicted octanol–water partition coefficient (Wildman–Crippen LogP) is 2.93. The number of rotatable bonds is 3. The van der Waals surface area contributed by atoms with Crippen molar-refractivity contribution < 1.29 is 18.1 Å². The summed E-state index contributed by atoms with van der Waals surface area (Å²) in [4.78, 5) is 21.8. The fraction of sp³-hybridized carbons (Fsp3) is 0.176. The van der Waals surface area contributed by atoms with Crippen LogP contribution in [0.1, 0.15) is 18.2 Å². The summed E-state index contributed by atoms with van der Waals surface area (Å²) in [5.74, 6) is -1.35. The van der Waals surface area contributed by atoms with Crippen molar-refractivity contribution in [3.05, 3.63) is 60.2 Å². The highest BCUT2D eigenvalue weighted by Crippen LogP contribution is 2.32. The Morgan fingerprint density at radius 1 is 1.16 bits per heavy atom. The number of amides is 1. The van der Waals surface area contributed by atoms with E-state index >= 15 is 0 Å². The lowest BCUT2D eigenvalue weighted by molar-refractivity contribution is -0.117. The zero-order valence-corrected chi connectivity index (χ0v) is 12.9. The molecule has 25 heavy (non-hydrogen) atoms. The number of hydrogen-bond donors (Lipinski definition) is 0. The Balaban J connectivity index is 1.57. The minimum atomic E-state index is -0.778. The number of carbonyl (C=O) groups excluding carboxylic acids is 1. The summed E-state index contributed by atoms with van der Waals surface area (Å²) in [5.41, 5.74) is 0.770. The number of halogens is 2. The molecule has 1 aliphatic heterocycles. The van der Waals surface area contributed by atoms with Crippen LogP contribution >= 0.6 is 0 Å². The van der Waals surface area contributed by atoms with Gasteiger partial charge in [0.05, 0.1) is 5.69 Å². The number of benzene rings is 1. The second-order valence-electron chi connectivity index (χ2n) is 5.69. The third-order valence-corrected chi connectivity index (χ3v) is 4.06. The van der Waals surface area contributed by atoms with Crippen LogP contribution in [0.2, 0.25) is 0 Å². The second-order valence-corrected chi connectivity index (χ2v) is 5.69. The average Bonchev–Trinajstić information content (AvgIpc) is 3.23. The summed E-state index contributed by atoms with van der Waals surface area (Å²) in [6.45, 7) is 0.205. The molecule has 1 unspecified atom stereocenters. The second kappa shape index (κ2) is 6.04. The van der Waals surface area contributed by atoms with Gasteiger partial charge in [-0.2, -0.15) is 4.98 Å². The lowest BCUT2D eigenvalue weighted by atomic mass is 10.1. The number of pyridine rings is 1. The molecule has 2 aromatic heterocycles. The largest absolute Gasteiger partial charge is 0.334 e. The first kappa shape index (κ1) is 15.4. The molecule has 1 saturated heterocycles. The first-order chi connectivity index (χ1) is 12.1. The molecule has 1 aliphatic rings. The lowest BCUT2D eigenvalue weighted by Gasteiger charge is -2.16. The van der Waals surface area contributed by atoms with Crippen LogP contribution in [0.25, 0.3) is 11.5 Å². The van der Waals surface area contributed by atoms with E-state index in [-0.39, 0.29) is 30.5 Å². The van der Waals surface area contributed by atoms with E-state index in [1.807, 2.05) is 0 Å². The van der Waals surface area contributed by atoms with E-state index < -0.39 is 11.6 Å². The van der Waals surface area contributed by atoms with E-state index in [2.05, 4.69) is 15.1 Å². The Hall–Kier alpha value is -3.16. The zero-order valence-electron chi connectivity index (χ0n) is 12.9. The summed E-state index contributed by atoms with van der Waals surface area (Å²) in [6.07, 6.45) is 3.35. The van der Waals surface area contributed by atoms with Crippen molar-refractivity contribution in [2.45, 2.75) is 12.3 Å². The van der Waals surface area contributed by atoms with Gasteiger partial charge in [0, 0.05) is 42.9 Å². The van der Waals surface area contributed by atoms with Crippen LogP contribution < -0.4 is 4.90 Å². The van der Waals surface area contributed by atoms with E-state index in [0.717, 1.165) is 17.7 Å². The zero-order chi connectivity index (χ0) is 17.4. The molecular formula is C17H12F2N4O2. The first-order valence-electron chi connectivity index (χ1n) is 7.61. The molecule has 1 aromatic carbocycles. The highest BCUT2D eigenvalue weighted by molar-refractivity contribution is 5.96. The van der Waals surface area contributed by atoms with Gasteiger partial charge in [-0.1, -0.05) is 5.16 Å². The van der Waals surface area contributed by atoms with Gasteiger partial charge in [0.2, 0.25) is 5.91 Å². The van der Waals surface area contributed by atoms with Crippen molar-refractivity contribution in [1.29, 1.82) is 0 Å². The fourth-order valence-electron chi connectivity index (χ4n) is 2.83. The van der Waals surface area contributed by atoms with Gasteiger partial charge < -0.3 is 9.42 Å². The quantitative estimate of drug-likeness (QED) is 0.732. The number of aromatic nitrogens is 3. The molecular weight excluding hydrogens is 330 g/mol. The summed E-state index contributed by atoms with van der Waals surface area (Å²) >= 11 is 0. The van der Waals surface area contributed by atoms with Crippen LogP contribution in [0.15, 0.2) is 47.2 Å². The average molecular weight is 342 g/mol. The van der Waals surface area contributed by atoms with Gasteiger partial charge in [0.25, 0.3) is 5.89 Å². The molecule has 1 amide bonds. The molecule has 0 aliphatic carbocycles. The molecule has 0 bridgehead atoms. The van der Waals surface area contributed by atoms with Gasteiger partial charge in [-0.15, -0.1) is 0 Å². The minimum absolute atomic E-state index is 0.0479. The maximum atomic E-state index is 13.9. The Bertz CT molecular complexity index is 929. The van der Waals surface area contributed by atoms with E-state index in [1.165, 1.54) is 11.0 Å². The molecule has 0 saturated carbocycles. The van der Waals surface area contributed by atoms with Gasteiger partial charge in [-0.05, 0) is 24.3 Å². The van der Waals surface area contributed by atoms with E-state index in [0.29, 0.717) is 11.7 Å². The molecule has 0 spiro atoms. The molecule has 0 N–H and O–H groups in total. The van der Waals surface area contributed by atoms with Crippen LogP contribution in [-0.2, 0) is 4.79 Å². The Labute approximate surface area is 141 Å². The van der Waals surface area contributed by atoms with Gasteiger partial charge in [-0.25, -0.2) is 8.78 Å². The van der Waals surface area contributed by atoms with Gasteiger partial charge in [-0.3, -0.25) is 9.78 Å². The Morgan fingerprint density at radius 3 is 2.72 bits per heavy atom. The standard InChI is InChI=1S/C17H12F2N4O2/c18-12-1-2-14(13(19)8-12)23-9-11(7-15(23)24)16-21-17(25-22-16)10-3-5-20-6-4-10/h1-6,8,11H,7,9H2. The van der Waals surface area contributed by atoms with Crippen LogP contribution in [0.5, 0.6) is 0 Å². The third-order valence-electron chi connectivity index (χ3n) is 4.06. The topological polar surface area (TPSA) is 72.1 Å². The number of carbonyl (C=O) groups is 1. The normalized spacial score (nSPS) is 17.3. The molecule has 1 fully saturated rings. The van der Waals surface area contributed by atoms with Crippen molar-refractivity contribution in [2.24, 2.45) is 0 Å². The summed E-state index contributed by atoms with van der Waals surface area (Å²) in [6, 6.07) is 6.60. The van der Waals surface area contributed by atoms with Crippen molar-refractivity contribution in [3.8, 4) is 11.5 Å². The van der Waals surface area contributed by atoms with Crippen LogP contribution in [0, 0.1) is 11.6 Å². The van der Waals surface area contributed by atoms with Gasteiger partial charge in [0.1, 0.15) is 11.6 Å². The molecule has 6 nitrogen and oxygen atoms in total. The van der Waals surface area contributed by atoms with Gasteiger partial charge in [0.15, 0.2) is 5.82 Å². The van der Waals surface area contributed by atoms with E-state index in [4.69, 9.17) is 4.52 Å². The van der Waals surface area contributed by atoms with Crippen LogP contribution in [0.4, 0.5) is 14.5 Å². The summed E-state index contributed by atoms with van der Waals surface area (Å²) in [7, 11) is 0. The molecule has 3 heterocycles. The number of nitrogens with zero attached hydrogens (tertiary/aromatic N) is 4. The lowest BCUT2D eigenvalue weighted by Crippen LogP contribution is -2.25. The molecule has 1 atom stereocenters. The Morgan fingerprint density at radius 2 is 1.96 bits per heavy atom. The highest BCUT2D eigenvalue weighted by atomic mass is 19.1. The van der Waals surface area contributed by atoms with E-state index in [1.54, 1.807) is 24.5 Å². The first-order valence-corrected chi connectivity index (χ1v) is 7.61. The van der Waals surface area contributed by atoms with Crippen molar-refractivity contribution in [2.75, 3.05) is 11.4 Å². The Kier molecular flexibility index (Phi) is 3.72. The van der Waals surface area contributed by atoms with Crippen molar-refractivity contribution in [3.63, 3.8) is 0 Å². The third kappa shape index (κ3) is 2.86. The SMILES string of the molecule is O=C1CC(c2noc(-c3ccncc3)n2)CN1c1ccc(F)cc1F. The number of anilines is 1.